The van der Waals surface area contributed by atoms with E-state index in [-0.39, 0.29) is 4.90 Å². The van der Waals surface area contributed by atoms with Crippen LogP contribution in [0.2, 0.25) is 0 Å². The molecule has 0 atom stereocenters. The molecule has 0 N–H and O–H groups in total. The lowest BCUT2D eigenvalue weighted by atomic mass is 10.2. The summed E-state index contributed by atoms with van der Waals surface area (Å²) in [6.45, 7) is 1.07. The highest BCUT2D eigenvalue weighted by Gasteiger charge is 2.21. The molecule has 2 heterocycles. The average Bonchev–Trinajstić information content (AvgIpc) is 3.35. The fraction of sp³-hybridized carbons (Fsp3) is 0.158. The Morgan fingerprint density at radius 1 is 1.00 bits per heavy atom. The predicted octanol–water partition coefficient (Wildman–Crippen LogP) is 3.49. The Morgan fingerprint density at radius 2 is 1.81 bits per heavy atom. The first kappa shape index (κ1) is 17.8. The van der Waals surface area contributed by atoms with Crippen molar-refractivity contribution in [3.63, 3.8) is 0 Å². The second-order valence-electron chi connectivity index (χ2n) is 6.00. The molecule has 27 heavy (non-hydrogen) atoms. The molecule has 0 amide bonds. The van der Waals surface area contributed by atoms with Crippen molar-refractivity contribution in [2.45, 2.75) is 17.9 Å². The minimum Gasteiger partial charge on any atom is -0.376 e. The van der Waals surface area contributed by atoms with Gasteiger partial charge in [-0.1, -0.05) is 29.5 Å². The maximum atomic E-state index is 12.8. The van der Waals surface area contributed by atoms with Crippen LogP contribution in [0.4, 0.5) is 0 Å². The molecule has 0 aliphatic rings. The quantitative estimate of drug-likeness (QED) is 0.445. The van der Waals surface area contributed by atoms with Crippen LogP contribution in [-0.2, 0) is 27.8 Å². The van der Waals surface area contributed by atoms with Crippen LogP contribution in [0, 0.1) is 0 Å². The standard InChI is InChI=1S/C19H17N3O3S2/c23-27(24,22-19-4-2-1-3-18(19)20-21-22)17-7-5-15(6-8-17)13-25-11-9-16-10-12-26-14-16/h1-8,10,12,14H,9,11,13H2. The smallest absolute Gasteiger partial charge is 0.284 e. The van der Waals surface area contributed by atoms with Gasteiger partial charge in [0.2, 0.25) is 0 Å². The summed E-state index contributed by atoms with van der Waals surface area (Å²) in [4.78, 5) is 0.167. The minimum atomic E-state index is -3.79. The van der Waals surface area contributed by atoms with Crippen LogP contribution in [0.1, 0.15) is 11.1 Å². The summed E-state index contributed by atoms with van der Waals surface area (Å²) in [6, 6.07) is 15.7. The maximum absolute atomic E-state index is 12.8. The fourth-order valence-electron chi connectivity index (χ4n) is 2.70. The predicted molar refractivity (Wildman–Crippen MR) is 104 cm³/mol. The zero-order valence-electron chi connectivity index (χ0n) is 14.4. The number of hydrogen-bond acceptors (Lipinski definition) is 6. The first-order valence-corrected chi connectivity index (χ1v) is 10.8. The number of para-hydroxylation sites is 1. The number of nitrogens with zero attached hydrogens (tertiary/aromatic N) is 3. The monoisotopic (exact) mass is 399 g/mol. The molecular formula is C19H17N3O3S2. The molecule has 4 aromatic rings. The van der Waals surface area contributed by atoms with Crippen molar-refractivity contribution >= 4 is 32.4 Å². The fourth-order valence-corrected chi connectivity index (χ4v) is 4.63. The Bertz CT molecular complexity index is 1130. The van der Waals surface area contributed by atoms with Gasteiger partial charge >= 0.3 is 0 Å². The van der Waals surface area contributed by atoms with Gasteiger partial charge in [0.15, 0.2) is 0 Å². The van der Waals surface area contributed by atoms with E-state index in [0.717, 1.165) is 16.1 Å². The maximum Gasteiger partial charge on any atom is 0.284 e. The van der Waals surface area contributed by atoms with Gasteiger partial charge < -0.3 is 4.74 Å². The summed E-state index contributed by atoms with van der Waals surface area (Å²) in [7, 11) is -3.79. The molecule has 0 saturated carbocycles. The van der Waals surface area contributed by atoms with Gasteiger partial charge in [0.25, 0.3) is 10.0 Å². The van der Waals surface area contributed by atoms with E-state index in [9.17, 15) is 8.42 Å². The van der Waals surface area contributed by atoms with Crippen LogP contribution < -0.4 is 0 Å². The lowest BCUT2D eigenvalue weighted by Gasteiger charge is -2.07. The van der Waals surface area contributed by atoms with Gasteiger partial charge in [-0.25, -0.2) is 0 Å². The third kappa shape index (κ3) is 3.78. The molecule has 138 valence electrons. The van der Waals surface area contributed by atoms with E-state index in [1.807, 2.05) is 5.38 Å². The average molecular weight is 399 g/mol. The Morgan fingerprint density at radius 3 is 2.59 bits per heavy atom. The summed E-state index contributed by atoms with van der Waals surface area (Å²) >= 11 is 1.67. The van der Waals surface area contributed by atoms with Crippen LogP contribution in [0.15, 0.2) is 70.3 Å². The molecule has 0 bridgehead atoms. The first-order chi connectivity index (χ1) is 13.1. The van der Waals surface area contributed by atoms with Crippen LogP contribution in [0.3, 0.4) is 0 Å². The SMILES string of the molecule is O=S(=O)(c1ccc(COCCc2ccsc2)cc1)n1nnc2ccccc21. The molecule has 0 radical (unpaired) electrons. The van der Waals surface area contributed by atoms with Gasteiger partial charge in [0.05, 0.1) is 18.1 Å². The van der Waals surface area contributed by atoms with Crippen molar-refractivity contribution in [1.82, 2.24) is 14.4 Å². The number of aromatic nitrogens is 3. The highest BCUT2D eigenvalue weighted by molar-refractivity contribution is 7.90. The van der Waals surface area contributed by atoms with Gasteiger partial charge in [0.1, 0.15) is 11.0 Å². The number of thiophene rings is 1. The highest BCUT2D eigenvalue weighted by atomic mass is 32.2. The molecule has 2 aromatic heterocycles. The topological polar surface area (TPSA) is 74.1 Å². The second kappa shape index (κ2) is 7.59. The van der Waals surface area contributed by atoms with Gasteiger partial charge in [-0.15, -0.1) is 9.19 Å². The molecular weight excluding hydrogens is 382 g/mol. The number of fused-ring (bicyclic) bond motifs is 1. The molecule has 0 spiro atoms. The minimum absolute atomic E-state index is 0.167. The Kier molecular flexibility index (Phi) is 5.02. The summed E-state index contributed by atoms with van der Waals surface area (Å²) in [5, 5.41) is 11.9. The van der Waals surface area contributed by atoms with E-state index in [1.54, 1.807) is 59.9 Å². The molecule has 0 aliphatic carbocycles. The molecule has 8 heteroatoms. The van der Waals surface area contributed by atoms with Gasteiger partial charge in [0, 0.05) is 0 Å². The number of benzene rings is 2. The van der Waals surface area contributed by atoms with Gasteiger partial charge in [-0.2, -0.15) is 19.8 Å². The largest absolute Gasteiger partial charge is 0.376 e. The van der Waals surface area contributed by atoms with Crippen LogP contribution >= 0.6 is 11.3 Å². The van der Waals surface area contributed by atoms with Crippen LogP contribution in [-0.4, -0.2) is 29.4 Å². The van der Waals surface area contributed by atoms with E-state index in [2.05, 4.69) is 21.8 Å². The van der Waals surface area contributed by atoms with Crippen LogP contribution in [0.25, 0.3) is 11.0 Å². The zero-order chi connectivity index (χ0) is 18.7. The lowest BCUT2D eigenvalue weighted by molar-refractivity contribution is 0.124. The summed E-state index contributed by atoms with van der Waals surface area (Å²) in [6.07, 6.45) is 0.870. The Balaban J connectivity index is 1.45. The Hall–Kier alpha value is -2.55. The third-order valence-corrected chi connectivity index (χ3v) is 6.48. The van der Waals surface area contributed by atoms with Crippen molar-refractivity contribution in [3.8, 4) is 0 Å². The first-order valence-electron chi connectivity index (χ1n) is 8.38. The van der Waals surface area contributed by atoms with Crippen LogP contribution in [0.5, 0.6) is 0 Å². The number of ether oxygens (including phenoxy) is 1. The lowest BCUT2D eigenvalue weighted by Crippen LogP contribution is -2.14. The molecule has 0 fully saturated rings. The third-order valence-electron chi connectivity index (χ3n) is 4.15. The van der Waals surface area contributed by atoms with Crippen molar-refractivity contribution < 1.29 is 13.2 Å². The van der Waals surface area contributed by atoms with E-state index < -0.39 is 10.0 Å². The van der Waals surface area contributed by atoms with E-state index in [4.69, 9.17) is 4.74 Å². The van der Waals surface area contributed by atoms with Gasteiger partial charge in [-0.3, -0.25) is 0 Å². The van der Waals surface area contributed by atoms with Crippen molar-refractivity contribution in [1.29, 1.82) is 0 Å². The van der Waals surface area contributed by atoms with E-state index in [1.165, 1.54) is 5.56 Å². The van der Waals surface area contributed by atoms with E-state index >= 15 is 0 Å². The number of rotatable bonds is 7. The summed E-state index contributed by atoms with van der Waals surface area (Å²) in [5.41, 5.74) is 3.18. The molecule has 0 unspecified atom stereocenters. The molecule has 4 rings (SSSR count). The van der Waals surface area contributed by atoms with Gasteiger partial charge in [-0.05, 0) is 58.6 Å². The zero-order valence-corrected chi connectivity index (χ0v) is 16.0. The van der Waals surface area contributed by atoms with Crippen molar-refractivity contribution in [2.24, 2.45) is 0 Å². The molecule has 2 aromatic carbocycles. The normalized spacial score (nSPS) is 11.9. The van der Waals surface area contributed by atoms with E-state index in [0.29, 0.717) is 24.2 Å². The molecule has 0 aliphatic heterocycles. The molecule has 0 saturated heterocycles. The van der Waals surface area contributed by atoms with Crippen molar-refractivity contribution in [3.05, 3.63) is 76.5 Å². The van der Waals surface area contributed by atoms with Crippen molar-refractivity contribution in [2.75, 3.05) is 6.61 Å². The summed E-state index contributed by atoms with van der Waals surface area (Å²) < 4.78 is 32.3. The number of hydrogen-bond donors (Lipinski definition) is 0. The Labute approximate surface area is 161 Å². The summed E-state index contributed by atoms with van der Waals surface area (Å²) in [5.74, 6) is 0. The molecule has 6 nitrogen and oxygen atoms in total. The second-order valence-corrected chi connectivity index (χ2v) is 8.55. The highest BCUT2D eigenvalue weighted by Crippen LogP contribution is 2.19.